The molecule has 12 heteroatoms. The lowest BCUT2D eigenvalue weighted by atomic mass is 9.88. The van der Waals surface area contributed by atoms with Crippen LogP contribution in [0.4, 0.5) is 0 Å². The third kappa shape index (κ3) is 15.9. The summed E-state index contributed by atoms with van der Waals surface area (Å²) in [6.07, 6.45) is 0. The quantitative estimate of drug-likeness (QED) is 0.392. The van der Waals surface area contributed by atoms with Gasteiger partial charge >= 0.3 is 0 Å². The van der Waals surface area contributed by atoms with Gasteiger partial charge in [0.2, 0.25) is 42.2 Å². The van der Waals surface area contributed by atoms with Gasteiger partial charge in [0.1, 0.15) is 0 Å². The molecule has 8 nitrogen and oxygen atoms in total. The van der Waals surface area contributed by atoms with Crippen molar-refractivity contribution in [2.45, 2.75) is 105 Å². The molecule has 2 heterocycles. The molecule has 38 heavy (non-hydrogen) atoms. The van der Waals surface area contributed by atoms with Gasteiger partial charge < -0.3 is 0 Å². The zero-order chi connectivity index (χ0) is 30.7. The maximum Gasteiger partial charge on any atom is 0.219 e. The fourth-order valence-electron chi connectivity index (χ4n) is 2.81. The number of halogens is 2. The van der Waals surface area contributed by atoms with E-state index in [2.05, 4.69) is 107 Å². The fraction of sp³-hybridized carbons (Fsp3) is 0.615. The number of hydrogen-bond donors (Lipinski definition) is 0. The van der Waals surface area contributed by atoms with Gasteiger partial charge in [-0.25, -0.2) is 37.3 Å². The Morgan fingerprint density at radius 1 is 0.395 bits per heavy atom. The van der Waals surface area contributed by atoms with Crippen molar-refractivity contribution in [3.63, 3.8) is 0 Å². The summed E-state index contributed by atoms with van der Waals surface area (Å²) in [6, 6.07) is 9.72. The highest BCUT2D eigenvalue weighted by Gasteiger charge is 2.35. The number of hydrogen-bond acceptors (Lipinski definition) is 8. The van der Waals surface area contributed by atoms with E-state index in [0.717, 1.165) is 0 Å². The summed E-state index contributed by atoms with van der Waals surface area (Å²) in [5.74, 6) is 0. The molecule has 0 aromatic carbocycles. The van der Waals surface area contributed by atoms with Gasteiger partial charge in [0.25, 0.3) is 0 Å². The zero-order valence-electron chi connectivity index (χ0n) is 24.1. The van der Waals surface area contributed by atoms with Crippen molar-refractivity contribution < 1.29 is 57.8 Å². The second-order valence-corrected chi connectivity index (χ2v) is 16.6. The maximum absolute atomic E-state index is 8.49. The first kappa shape index (κ1) is 37.4. The van der Waals surface area contributed by atoms with Crippen LogP contribution in [-0.2, 0) is 21.7 Å². The van der Waals surface area contributed by atoms with Gasteiger partial charge in [-0.15, -0.1) is 20.5 Å². The molecule has 0 bridgehead atoms. The minimum atomic E-state index is -4.94. The van der Waals surface area contributed by atoms with Gasteiger partial charge in [0.05, 0.1) is 0 Å². The Labute approximate surface area is 239 Å². The topological polar surface area (TPSA) is 184 Å². The Kier molecular flexibility index (Phi) is 12.7. The van der Waals surface area contributed by atoms with Crippen molar-refractivity contribution in [2.75, 3.05) is 0 Å². The molecular weight excluding hydrogens is 575 g/mol. The lowest BCUT2D eigenvalue weighted by molar-refractivity contribution is -2.00. The molecule has 0 spiro atoms. The average Bonchev–Trinajstić information content (AvgIpc) is 2.62. The lowest BCUT2D eigenvalue weighted by Crippen LogP contribution is -2.68. The number of rotatable bonds is 1. The van der Waals surface area contributed by atoms with Crippen LogP contribution >= 0.6 is 22.7 Å². The first-order chi connectivity index (χ1) is 16.4. The normalized spacial score (nSPS) is 13.3. The van der Waals surface area contributed by atoms with Crippen LogP contribution in [-0.4, -0.2) is 0 Å². The molecule has 0 aliphatic carbocycles. The van der Waals surface area contributed by atoms with Crippen LogP contribution < -0.4 is 37.3 Å². The van der Waals surface area contributed by atoms with Crippen molar-refractivity contribution in [3.8, 4) is 11.1 Å². The van der Waals surface area contributed by atoms with E-state index in [0.29, 0.717) is 0 Å². The van der Waals surface area contributed by atoms with Gasteiger partial charge in [-0.2, -0.15) is 0 Å². The van der Waals surface area contributed by atoms with Gasteiger partial charge in [0.15, 0.2) is 0 Å². The molecule has 2 rings (SSSR count). The smallest absolute Gasteiger partial charge is 0.219 e. The van der Waals surface area contributed by atoms with Gasteiger partial charge in [-0.3, -0.25) is 0 Å². The molecular formula is C26H40Cl2O8S2. The second-order valence-electron chi connectivity index (χ2n) is 12.9. The molecule has 0 unspecified atom stereocenters. The van der Waals surface area contributed by atoms with Gasteiger partial charge in [0, 0.05) is 45.9 Å². The maximum atomic E-state index is 8.49. The Morgan fingerprint density at radius 2 is 0.526 bits per heavy atom. The molecule has 0 aliphatic heterocycles. The van der Waals surface area contributed by atoms with Gasteiger partial charge in [-0.05, 0) is 11.1 Å². The second kappa shape index (κ2) is 12.9. The molecule has 2 aromatic heterocycles. The summed E-state index contributed by atoms with van der Waals surface area (Å²) in [5.41, 5.74) is 3.32. The van der Waals surface area contributed by atoms with Crippen molar-refractivity contribution in [1.29, 1.82) is 0 Å². The van der Waals surface area contributed by atoms with Crippen molar-refractivity contribution in [2.24, 2.45) is 0 Å². The van der Waals surface area contributed by atoms with E-state index in [9.17, 15) is 0 Å². The summed E-state index contributed by atoms with van der Waals surface area (Å²) in [4.78, 5) is 5.82. The molecule has 0 radical (unpaired) electrons. The van der Waals surface area contributed by atoms with Crippen molar-refractivity contribution >= 4 is 22.7 Å². The van der Waals surface area contributed by atoms with Crippen LogP contribution in [0.3, 0.4) is 0 Å². The Balaban J connectivity index is 0.00000116. The van der Waals surface area contributed by atoms with E-state index in [1.807, 2.05) is 22.7 Å². The Bertz CT molecular complexity index is 892. The van der Waals surface area contributed by atoms with E-state index in [4.69, 9.17) is 37.3 Å². The molecule has 0 saturated carbocycles. The predicted octanol–water partition coefficient (Wildman–Crippen LogP) is -0.283. The summed E-state index contributed by atoms with van der Waals surface area (Å²) in [7, 11) is -9.89. The summed E-state index contributed by atoms with van der Waals surface area (Å²) in [6.45, 7) is 27.9. The van der Waals surface area contributed by atoms with E-state index in [-0.39, 0.29) is 21.7 Å². The average molecular weight is 616 g/mol. The molecule has 0 N–H and O–H groups in total. The molecule has 0 fully saturated rings. The molecule has 0 aliphatic rings. The van der Waals surface area contributed by atoms with Crippen LogP contribution in [0.25, 0.3) is 11.1 Å². The highest BCUT2D eigenvalue weighted by atomic mass is 35.7. The Hall–Kier alpha value is -0.600. The monoisotopic (exact) mass is 614 g/mol. The lowest BCUT2D eigenvalue weighted by Gasteiger charge is -2.18. The van der Waals surface area contributed by atoms with E-state index in [1.165, 1.54) is 30.6 Å². The van der Waals surface area contributed by atoms with E-state index >= 15 is 0 Å². The van der Waals surface area contributed by atoms with Crippen LogP contribution in [0.2, 0.25) is 0 Å². The van der Waals surface area contributed by atoms with Crippen molar-refractivity contribution in [3.05, 3.63) is 43.8 Å². The largest absolute Gasteiger partial charge is 0.222 e. The third-order valence-electron chi connectivity index (χ3n) is 4.88. The summed E-state index contributed by atoms with van der Waals surface area (Å²) in [5, 5.41) is 0. The standard InChI is InChI=1S/C26H40S2.2ClHO4/c1-23(2,3)19-13-17(14-20(27-19)24(4,5)6)18-15-21(25(7,8)9)28-22(16-18)26(10,11)12;2*2-1(3,4)5/h13-16H,1-12H3;2*(H,2,3,4,5)/q+2;;/p-2. The van der Waals surface area contributed by atoms with Crippen LogP contribution in [0.5, 0.6) is 0 Å². The molecule has 0 saturated heterocycles. The fourth-order valence-corrected chi connectivity index (χ4v) is 5.26. The predicted molar refractivity (Wildman–Crippen MR) is 131 cm³/mol. The first-order valence-corrected chi connectivity index (χ1v) is 15.7. The van der Waals surface area contributed by atoms with Crippen LogP contribution in [0.1, 0.15) is 103 Å². The third-order valence-corrected chi connectivity index (χ3v) is 8.68. The SMILES string of the molecule is CC(C)(C)c1cc(-c2cc(C(C)(C)C)[s+]c(C(C)(C)C)c2)cc(C(C)(C)C)[s+]1.[O-][Cl+3]([O-])([O-])[O-].[O-][Cl+3]([O-])([O-])[O-]. The Morgan fingerprint density at radius 3 is 0.632 bits per heavy atom. The first-order valence-electron chi connectivity index (χ1n) is 11.6. The highest BCUT2D eigenvalue weighted by Crippen LogP contribution is 2.41. The minimum absolute atomic E-state index is 0.151. The molecule has 0 atom stereocenters. The molecule has 2 aromatic rings. The van der Waals surface area contributed by atoms with Crippen molar-refractivity contribution in [1.82, 2.24) is 0 Å². The minimum Gasteiger partial charge on any atom is -0.222 e. The molecule has 0 amide bonds. The highest BCUT2D eigenvalue weighted by molar-refractivity contribution is 7.12. The summed E-state index contributed by atoms with van der Waals surface area (Å²) >= 11 is 3.93. The molecule has 218 valence electrons. The zero-order valence-corrected chi connectivity index (χ0v) is 27.3. The van der Waals surface area contributed by atoms with Crippen LogP contribution in [0.15, 0.2) is 24.3 Å². The van der Waals surface area contributed by atoms with Crippen LogP contribution in [0, 0.1) is 20.5 Å². The van der Waals surface area contributed by atoms with E-state index < -0.39 is 20.5 Å². The van der Waals surface area contributed by atoms with E-state index in [1.54, 1.807) is 0 Å². The summed E-state index contributed by atoms with van der Waals surface area (Å²) < 4.78 is 67.9. The van der Waals surface area contributed by atoms with Gasteiger partial charge in [-0.1, -0.05) is 83.1 Å².